The Hall–Kier alpha value is -2.89. The molecule has 0 aliphatic carbocycles. The molecular weight excluding hydrogens is 877 g/mol. The lowest BCUT2D eigenvalue weighted by Gasteiger charge is -2.18. The molecule has 0 amide bonds. The van der Waals surface area contributed by atoms with Gasteiger partial charge in [0.05, 0.1) is 0 Å². The van der Waals surface area contributed by atoms with Gasteiger partial charge < -0.3 is 14.2 Å². The molecule has 0 rings (SSSR count). The maximum atomic E-state index is 12.9. The van der Waals surface area contributed by atoms with Gasteiger partial charge in [0.1, 0.15) is 13.2 Å². The zero-order valence-electron chi connectivity index (χ0n) is 47.2. The second-order valence-corrected chi connectivity index (χ2v) is 20.6. The summed E-state index contributed by atoms with van der Waals surface area (Å²) in [5.41, 5.74) is 0. The molecule has 0 spiro atoms. The Kier molecular flexibility index (Phi) is 57.2. The number of hydrogen-bond donors (Lipinski definition) is 0. The van der Waals surface area contributed by atoms with E-state index in [0.29, 0.717) is 19.3 Å². The van der Waals surface area contributed by atoms with Gasteiger partial charge in [0.2, 0.25) is 0 Å². The highest BCUT2D eigenvalue weighted by atomic mass is 16.6. The first-order valence-electron chi connectivity index (χ1n) is 30.8. The number of ether oxygens (including phenoxy) is 3. The van der Waals surface area contributed by atoms with Crippen LogP contribution in [0.1, 0.15) is 316 Å². The van der Waals surface area contributed by atoms with Gasteiger partial charge in [-0.3, -0.25) is 14.4 Å². The first-order valence-corrected chi connectivity index (χ1v) is 30.8. The van der Waals surface area contributed by atoms with Gasteiger partial charge in [-0.2, -0.15) is 0 Å². The van der Waals surface area contributed by atoms with Crippen molar-refractivity contribution in [2.45, 2.75) is 322 Å². The molecule has 0 bridgehead atoms. The van der Waals surface area contributed by atoms with E-state index >= 15 is 0 Å². The van der Waals surface area contributed by atoms with E-state index in [1.807, 2.05) is 0 Å². The third kappa shape index (κ3) is 57.9. The number of rotatable bonds is 56. The number of unbranched alkanes of at least 4 members (excludes halogenated alkanes) is 35. The second-order valence-electron chi connectivity index (χ2n) is 20.6. The summed E-state index contributed by atoms with van der Waals surface area (Å²) in [5, 5.41) is 0. The van der Waals surface area contributed by atoms with E-state index in [9.17, 15) is 14.4 Å². The molecule has 0 radical (unpaired) electrons. The summed E-state index contributed by atoms with van der Waals surface area (Å²) in [5.74, 6) is -0.891. The topological polar surface area (TPSA) is 78.9 Å². The molecule has 1 atom stereocenters. The van der Waals surface area contributed by atoms with Crippen molar-refractivity contribution in [3.8, 4) is 0 Å². The number of esters is 3. The summed E-state index contributed by atoms with van der Waals surface area (Å²) in [7, 11) is 0. The largest absolute Gasteiger partial charge is 0.462 e. The van der Waals surface area contributed by atoms with Crippen LogP contribution in [-0.4, -0.2) is 37.2 Å². The van der Waals surface area contributed by atoms with Crippen molar-refractivity contribution < 1.29 is 28.6 Å². The van der Waals surface area contributed by atoms with Crippen molar-refractivity contribution in [3.63, 3.8) is 0 Å². The lowest BCUT2D eigenvalue weighted by Crippen LogP contribution is -2.30. The maximum Gasteiger partial charge on any atom is 0.306 e. The summed E-state index contributed by atoms with van der Waals surface area (Å²) >= 11 is 0. The Labute approximate surface area is 440 Å². The molecule has 0 aliphatic rings. The van der Waals surface area contributed by atoms with Crippen molar-refractivity contribution >= 4 is 17.9 Å². The fraction of sp³-hybridized carbons (Fsp3) is 0.800. The molecule has 0 aliphatic heterocycles. The van der Waals surface area contributed by atoms with Gasteiger partial charge in [0.15, 0.2) is 6.10 Å². The van der Waals surface area contributed by atoms with E-state index < -0.39 is 6.10 Å². The molecule has 0 saturated carbocycles. The Bertz CT molecular complexity index is 1280. The van der Waals surface area contributed by atoms with E-state index in [2.05, 4.69) is 81.5 Å². The van der Waals surface area contributed by atoms with Crippen molar-refractivity contribution in [2.24, 2.45) is 0 Å². The lowest BCUT2D eigenvalue weighted by atomic mass is 10.0. The smallest absolute Gasteiger partial charge is 0.306 e. The summed E-state index contributed by atoms with van der Waals surface area (Å²) in [6, 6.07) is 0. The normalized spacial score (nSPS) is 12.4. The Balaban J connectivity index is 4.39. The van der Waals surface area contributed by atoms with Crippen LogP contribution < -0.4 is 0 Å². The van der Waals surface area contributed by atoms with Crippen LogP contribution in [0.5, 0.6) is 0 Å². The monoisotopic (exact) mass is 993 g/mol. The Morgan fingerprint density at radius 3 is 0.817 bits per heavy atom. The van der Waals surface area contributed by atoms with Crippen molar-refractivity contribution in [1.82, 2.24) is 0 Å². The molecule has 6 heteroatoms. The van der Waals surface area contributed by atoms with E-state index in [1.165, 1.54) is 186 Å². The van der Waals surface area contributed by atoms with Gasteiger partial charge in [-0.15, -0.1) is 0 Å². The van der Waals surface area contributed by atoms with E-state index in [4.69, 9.17) is 14.2 Å². The third-order valence-corrected chi connectivity index (χ3v) is 13.5. The van der Waals surface area contributed by atoms with Crippen molar-refractivity contribution in [1.29, 1.82) is 0 Å². The van der Waals surface area contributed by atoms with E-state index in [0.717, 1.165) is 89.9 Å². The van der Waals surface area contributed by atoms with Gasteiger partial charge in [0, 0.05) is 19.3 Å². The molecule has 0 saturated heterocycles. The predicted octanol–water partition coefficient (Wildman–Crippen LogP) is 20.8. The average Bonchev–Trinajstić information content (AvgIpc) is 3.37. The second kappa shape index (κ2) is 59.7. The van der Waals surface area contributed by atoms with Gasteiger partial charge >= 0.3 is 17.9 Å². The average molecular weight is 994 g/mol. The van der Waals surface area contributed by atoms with Gasteiger partial charge in [-0.05, 0) is 89.9 Å². The minimum Gasteiger partial charge on any atom is -0.462 e. The zero-order valence-corrected chi connectivity index (χ0v) is 47.2. The van der Waals surface area contributed by atoms with Gasteiger partial charge in [-0.1, -0.05) is 268 Å². The standard InChI is InChI=1S/C65H116O6/c1-4-7-10-13-16-19-22-25-28-31-32-35-37-40-43-46-49-52-55-58-64(67)70-61-62(71-65(68)59-56-53-50-47-44-41-38-34-30-27-24-21-18-15-12-9-6-3)60-69-63(66)57-54-51-48-45-42-39-36-33-29-26-23-20-17-14-11-8-5-2/h16,18-19,21,25,27-28,30,38,41,62H,4-15,17,20,22-24,26,29,31-37,39-40,42-61H2,1-3H3/b19-16-,21-18-,28-25-,30-27-,41-38-/t62-/m1/s1. The highest BCUT2D eigenvalue weighted by Crippen LogP contribution is 2.16. The molecule has 0 unspecified atom stereocenters. The fourth-order valence-corrected chi connectivity index (χ4v) is 8.83. The van der Waals surface area contributed by atoms with Crippen LogP contribution in [0.25, 0.3) is 0 Å². The predicted molar refractivity (Wildman–Crippen MR) is 307 cm³/mol. The molecule has 0 heterocycles. The highest BCUT2D eigenvalue weighted by molar-refractivity contribution is 5.71. The molecule has 0 aromatic heterocycles. The molecule has 0 aromatic carbocycles. The minimum atomic E-state index is -0.787. The molecule has 0 aromatic rings. The Morgan fingerprint density at radius 1 is 0.282 bits per heavy atom. The maximum absolute atomic E-state index is 12.9. The molecule has 6 nitrogen and oxygen atoms in total. The van der Waals surface area contributed by atoms with Gasteiger partial charge in [0.25, 0.3) is 0 Å². The summed E-state index contributed by atoms with van der Waals surface area (Å²) in [4.78, 5) is 38.3. The molecule has 71 heavy (non-hydrogen) atoms. The number of carbonyl (C=O) groups excluding carboxylic acids is 3. The lowest BCUT2D eigenvalue weighted by molar-refractivity contribution is -0.167. The van der Waals surface area contributed by atoms with Crippen molar-refractivity contribution in [2.75, 3.05) is 13.2 Å². The van der Waals surface area contributed by atoms with E-state index in [-0.39, 0.29) is 31.1 Å². The summed E-state index contributed by atoms with van der Waals surface area (Å²) < 4.78 is 16.9. The van der Waals surface area contributed by atoms with Crippen LogP contribution in [0.4, 0.5) is 0 Å². The number of hydrogen-bond acceptors (Lipinski definition) is 6. The van der Waals surface area contributed by atoms with Crippen molar-refractivity contribution in [3.05, 3.63) is 60.8 Å². The van der Waals surface area contributed by atoms with Crippen LogP contribution in [0.2, 0.25) is 0 Å². The van der Waals surface area contributed by atoms with Gasteiger partial charge in [-0.25, -0.2) is 0 Å². The SMILES string of the molecule is CCCCC/C=C\C/C=C\C/C=C\CCCCCCC(=O)O[C@@H](COC(=O)CCCCCCCCCCC/C=C\C/C=C\CCCCC)COC(=O)CCCCCCCCCCCCCCCCCCC. The summed E-state index contributed by atoms with van der Waals surface area (Å²) in [6.07, 6.45) is 74.9. The van der Waals surface area contributed by atoms with Crippen LogP contribution in [0.15, 0.2) is 60.8 Å². The first-order chi connectivity index (χ1) is 35.0. The summed E-state index contributed by atoms with van der Waals surface area (Å²) in [6.45, 7) is 6.61. The van der Waals surface area contributed by atoms with Crippen LogP contribution in [-0.2, 0) is 28.6 Å². The molecular formula is C65H116O6. The quantitative estimate of drug-likeness (QED) is 0.0261. The van der Waals surface area contributed by atoms with Crippen LogP contribution >= 0.6 is 0 Å². The minimum absolute atomic E-state index is 0.0817. The van der Waals surface area contributed by atoms with E-state index in [1.54, 1.807) is 0 Å². The van der Waals surface area contributed by atoms with Crippen LogP contribution in [0.3, 0.4) is 0 Å². The molecule has 0 fully saturated rings. The highest BCUT2D eigenvalue weighted by Gasteiger charge is 2.19. The number of carbonyl (C=O) groups is 3. The number of allylic oxidation sites excluding steroid dienone is 10. The zero-order chi connectivity index (χ0) is 51.4. The van der Waals surface area contributed by atoms with Crippen LogP contribution in [0, 0.1) is 0 Å². The molecule has 0 N–H and O–H groups in total. The third-order valence-electron chi connectivity index (χ3n) is 13.5. The molecule has 412 valence electrons. The fourth-order valence-electron chi connectivity index (χ4n) is 8.83. The first kappa shape index (κ1) is 68.1. The Morgan fingerprint density at radius 2 is 0.507 bits per heavy atom.